The van der Waals surface area contributed by atoms with Crippen LogP contribution in [0, 0.1) is 20.2 Å². The highest BCUT2D eigenvalue weighted by molar-refractivity contribution is 7.57. The summed E-state index contributed by atoms with van der Waals surface area (Å²) >= 11 is 0. The highest BCUT2D eigenvalue weighted by Gasteiger charge is 2.39. The molecule has 0 spiro atoms. The van der Waals surface area contributed by atoms with Gasteiger partial charge in [0, 0.05) is 19.4 Å². The van der Waals surface area contributed by atoms with E-state index in [4.69, 9.17) is 4.52 Å². The third kappa shape index (κ3) is 4.50. The number of rotatable bonds is 5. The van der Waals surface area contributed by atoms with E-state index in [1.54, 1.807) is 0 Å². The van der Waals surface area contributed by atoms with Gasteiger partial charge in [0.1, 0.15) is 0 Å². The van der Waals surface area contributed by atoms with E-state index >= 15 is 0 Å². The molecule has 0 atom stereocenters. The molecule has 0 saturated heterocycles. The molecule has 0 N–H and O–H groups in total. The molecule has 0 aromatic heterocycles. The molecular formula is C10H10F3N2O6P. The Bertz CT molecular complexity index is 669. The minimum absolute atomic E-state index is 0.182. The Morgan fingerprint density at radius 3 is 2.09 bits per heavy atom. The average molecular weight is 342 g/mol. The minimum Gasteiger partial charge on any atom is -0.324 e. The first kappa shape index (κ1) is 18.1. The van der Waals surface area contributed by atoms with Gasteiger partial charge in [-0.25, -0.2) is 0 Å². The van der Waals surface area contributed by atoms with Crippen molar-refractivity contribution in [2.75, 3.05) is 13.3 Å². The first-order chi connectivity index (χ1) is 9.83. The maximum Gasteiger partial charge on any atom is 0.417 e. The van der Waals surface area contributed by atoms with Gasteiger partial charge >= 0.3 is 6.18 Å². The van der Waals surface area contributed by atoms with Crippen LogP contribution in [0.2, 0.25) is 0 Å². The van der Waals surface area contributed by atoms with Crippen molar-refractivity contribution < 1.29 is 32.1 Å². The number of nitro benzene ring substituents is 2. The predicted molar refractivity (Wildman–Crippen MR) is 69.0 cm³/mol. The Balaban J connectivity index is 3.58. The van der Waals surface area contributed by atoms with Crippen molar-refractivity contribution in [2.45, 2.75) is 12.8 Å². The maximum absolute atomic E-state index is 13.0. The first-order valence-electron chi connectivity index (χ1n) is 5.55. The van der Waals surface area contributed by atoms with Crippen molar-refractivity contribution in [1.29, 1.82) is 0 Å². The van der Waals surface area contributed by atoms with Crippen molar-refractivity contribution in [2.24, 2.45) is 0 Å². The van der Waals surface area contributed by atoms with Gasteiger partial charge in [0.15, 0.2) is 7.37 Å². The van der Waals surface area contributed by atoms with E-state index in [-0.39, 0.29) is 6.07 Å². The summed E-state index contributed by atoms with van der Waals surface area (Å²) in [5, 5.41) is 21.5. The molecule has 1 aromatic carbocycles. The van der Waals surface area contributed by atoms with Gasteiger partial charge in [-0.3, -0.25) is 24.8 Å². The second-order valence-corrected chi connectivity index (χ2v) is 7.29. The molecule has 12 heteroatoms. The van der Waals surface area contributed by atoms with E-state index < -0.39 is 52.5 Å². The molecule has 0 unspecified atom stereocenters. The number of nitro groups is 2. The van der Waals surface area contributed by atoms with Gasteiger partial charge in [-0.15, -0.1) is 0 Å². The summed E-state index contributed by atoms with van der Waals surface area (Å²) < 4.78 is 55.1. The minimum atomic E-state index is -5.07. The lowest BCUT2D eigenvalue weighted by Crippen LogP contribution is -2.13. The molecular weight excluding hydrogens is 332 g/mol. The average Bonchev–Trinajstić information content (AvgIpc) is 2.32. The molecule has 0 bridgehead atoms. The second kappa shape index (κ2) is 6.01. The van der Waals surface area contributed by atoms with Crippen molar-refractivity contribution >= 4 is 18.7 Å². The van der Waals surface area contributed by atoms with Crippen LogP contribution in [0.3, 0.4) is 0 Å². The van der Waals surface area contributed by atoms with E-state index in [1.165, 1.54) is 0 Å². The standard InChI is InChI=1S/C10H10F3N2O6P/c1-22(2,20)21-5-7-8(10(11,12)13)3-6(14(16)17)4-9(7)15(18)19/h3-4H,5H2,1-2H3. The Morgan fingerprint density at radius 1 is 1.18 bits per heavy atom. The third-order valence-electron chi connectivity index (χ3n) is 2.44. The highest BCUT2D eigenvalue weighted by Crippen LogP contribution is 2.43. The topological polar surface area (TPSA) is 113 Å². The van der Waals surface area contributed by atoms with Crippen LogP contribution in [0.15, 0.2) is 12.1 Å². The van der Waals surface area contributed by atoms with Crippen LogP contribution < -0.4 is 0 Å². The summed E-state index contributed by atoms with van der Waals surface area (Å²) in [5.74, 6) is 0. The number of non-ortho nitro benzene ring substituents is 1. The van der Waals surface area contributed by atoms with Crippen LogP contribution in [0.1, 0.15) is 11.1 Å². The van der Waals surface area contributed by atoms with Gasteiger partial charge in [-0.1, -0.05) is 0 Å². The number of hydrogen-bond donors (Lipinski definition) is 0. The van der Waals surface area contributed by atoms with Crippen LogP contribution in [0.5, 0.6) is 0 Å². The fraction of sp³-hybridized carbons (Fsp3) is 0.400. The lowest BCUT2D eigenvalue weighted by atomic mass is 10.0. The van der Waals surface area contributed by atoms with Crippen LogP contribution in [0.25, 0.3) is 0 Å². The zero-order valence-electron chi connectivity index (χ0n) is 11.3. The lowest BCUT2D eigenvalue weighted by molar-refractivity contribution is -0.395. The fourth-order valence-electron chi connectivity index (χ4n) is 1.53. The highest BCUT2D eigenvalue weighted by atomic mass is 31.2. The molecule has 8 nitrogen and oxygen atoms in total. The smallest absolute Gasteiger partial charge is 0.324 e. The molecule has 0 fully saturated rings. The lowest BCUT2D eigenvalue weighted by Gasteiger charge is -2.14. The van der Waals surface area contributed by atoms with E-state index in [0.717, 1.165) is 13.3 Å². The van der Waals surface area contributed by atoms with Crippen LogP contribution >= 0.6 is 7.37 Å². The molecule has 0 radical (unpaired) electrons. The summed E-state index contributed by atoms with van der Waals surface area (Å²) in [5.41, 5.74) is -4.66. The molecule has 0 saturated carbocycles. The Labute approximate surface area is 121 Å². The second-order valence-electron chi connectivity index (χ2n) is 4.53. The third-order valence-corrected chi connectivity index (χ3v) is 3.19. The molecule has 1 rings (SSSR count). The normalized spacial score (nSPS) is 12.2. The summed E-state index contributed by atoms with van der Waals surface area (Å²) in [7, 11) is -3.21. The van der Waals surface area contributed by atoms with Gasteiger partial charge in [0.05, 0.1) is 33.6 Å². The number of alkyl halides is 3. The summed E-state index contributed by atoms with van der Waals surface area (Å²) in [4.78, 5) is 19.2. The Morgan fingerprint density at radius 2 is 1.73 bits per heavy atom. The molecule has 22 heavy (non-hydrogen) atoms. The number of hydrogen-bond acceptors (Lipinski definition) is 6. The summed E-state index contributed by atoms with van der Waals surface area (Å²) in [6.45, 7) is 1.29. The Kier molecular flexibility index (Phi) is 4.93. The molecule has 0 heterocycles. The van der Waals surface area contributed by atoms with Gasteiger partial charge < -0.3 is 4.52 Å². The quantitative estimate of drug-likeness (QED) is 0.459. The van der Waals surface area contributed by atoms with Crippen molar-refractivity contribution in [3.63, 3.8) is 0 Å². The number of benzene rings is 1. The van der Waals surface area contributed by atoms with Crippen LogP contribution in [0.4, 0.5) is 24.5 Å². The Hall–Kier alpha value is -2.00. The van der Waals surface area contributed by atoms with E-state index in [0.29, 0.717) is 6.07 Å². The van der Waals surface area contributed by atoms with E-state index in [9.17, 15) is 38.0 Å². The van der Waals surface area contributed by atoms with Crippen LogP contribution in [-0.4, -0.2) is 23.2 Å². The zero-order chi connectivity index (χ0) is 17.3. The predicted octanol–water partition coefficient (Wildman–Crippen LogP) is 3.58. The van der Waals surface area contributed by atoms with E-state index in [1.807, 2.05) is 0 Å². The van der Waals surface area contributed by atoms with Crippen molar-refractivity contribution in [3.05, 3.63) is 43.5 Å². The van der Waals surface area contributed by atoms with Gasteiger partial charge in [0.25, 0.3) is 11.4 Å². The molecule has 1 aromatic rings. The molecule has 0 aliphatic heterocycles. The molecule has 0 aliphatic carbocycles. The van der Waals surface area contributed by atoms with Gasteiger partial charge in [0.2, 0.25) is 0 Å². The monoisotopic (exact) mass is 342 g/mol. The number of halogens is 3. The zero-order valence-corrected chi connectivity index (χ0v) is 12.2. The number of nitrogens with zero attached hydrogens (tertiary/aromatic N) is 2. The van der Waals surface area contributed by atoms with E-state index in [2.05, 4.69) is 0 Å². The summed E-state index contributed by atoms with van der Waals surface area (Å²) in [6.07, 6.45) is -5.07. The SMILES string of the molecule is CP(C)(=O)OCc1c([N+](=O)[O-])cc([N+](=O)[O-])cc1C(F)(F)F. The molecule has 122 valence electrons. The molecule has 0 aliphatic rings. The summed E-state index contributed by atoms with van der Waals surface area (Å²) in [6, 6.07) is 0.589. The first-order valence-corrected chi connectivity index (χ1v) is 8.07. The van der Waals surface area contributed by atoms with Crippen molar-refractivity contribution in [1.82, 2.24) is 0 Å². The largest absolute Gasteiger partial charge is 0.417 e. The fourth-order valence-corrected chi connectivity index (χ4v) is 1.97. The maximum atomic E-state index is 13.0. The van der Waals surface area contributed by atoms with Gasteiger partial charge in [-0.2, -0.15) is 13.2 Å². The van der Waals surface area contributed by atoms with Gasteiger partial charge in [-0.05, 0) is 0 Å². The van der Waals surface area contributed by atoms with Crippen molar-refractivity contribution in [3.8, 4) is 0 Å². The molecule has 0 amide bonds. The van der Waals surface area contributed by atoms with Crippen LogP contribution in [-0.2, 0) is 21.9 Å².